The molecule has 3 aliphatic rings. The van der Waals surface area contributed by atoms with Crippen molar-refractivity contribution >= 4 is 27.9 Å². The fourth-order valence-corrected chi connectivity index (χ4v) is 3.89. The monoisotopic (exact) mass is 318 g/mol. The summed E-state index contributed by atoms with van der Waals surface area (Å²) >= 11 is 3.47. The third kappa shape index (κ3) is 1.70. The zero-order valence-electron chi connectivity index (χ0n) is 10.8. The molecule has 3 rings (SSSR count). The minimum absolute atomic E-state index is 0.119. The lowest BCUT2D eigenvalue weighted by Gasteiger charge is -2.70. The molecular weight excluding hydrogens is 300 g/mol. The third-order valence-electron chi connectivity index (χ3n) is 3.92. The van der Waals surface area contributed by atoms with Gasteiger partial charge in [-0.25, -0.2) is 0 Å². The fraction of sp³-hybridized carbons (Fsp3) is 0.846. The number of rotatable bonds is 6. The molecule has 3 fully saturated rings. The summed E-state index contributed by atoms with van der Waals surface area (Å²) in [6.07, 6.45) is 2.78. The second-order valence-corrected chi connectivity index (χ2v) is 6.22. The van der Waals surface area contributed by atoms with Crippen molar-refractivity contribution in [1.82, 2.24) is 0 Å². The van der Waals surface area contributed by atoms with Crippen LogP contribution in [-0.4, -0.2) is 30.0 Å². The number of hydrogen-bond acceptors (Lipinski definition) is 4. The van der Waals surface area contributed by atoms with E-state index in [9.17, 15) is 9.59 Å². The molecule has 18 heavy (non-hydrogen) atoms. The molecule has 0 aromatic carbocycles. The highest BCUT2D eigenvalue weighted by molar-refractivity contribution is 9.09. The van der Waals surface area contributed by atoms with Crippen molar-refractivity contribution in [2.75, 3.05) is 13.2 Å². The second kappa shape index (κ2) is 4.83. The molecule has 5 heteroatoms. The molecular formula is C13H19BrO4. The molecule has 2 bridgehead atoms. The van der Waals surface area contributed by atoms with Crippen LogP contribution in [0.3, 0.4) is 0 Å². The molecule has 3 aliphatic carbocycles. The third-order valence-corrected chi connectivity index (χ3v) is 5.67. The molecule has 0 N–H and O–H groups in total. The molecule has 4 nitrogen and oxygen atoms in total. The number of esters is 2. The summed E-state index contributed by atoms with van der Waals surface area (Å²) < 4.78 is 10.4. The van der Waals surface area contributed by atoms with Crippen LogP contribution in [-0.2, 0) is 19.1 Å². The van der Waals surface area contributed by atoms with E-state index in [1.165, 1.54) is 0 Å². The number of alkyl halides is 1. The maximum Gasteiger partial charge on any atom is 0.313 e. The summed E-state index contributed by atoms with van der Waals surface area (Å²) in [7, 11) is 0. The lowest BCUT2D eigenvalue weighted by atomic mass is 9.35. The van der Waals surface area contributed by atoms with Crippen LogP contribution in [0.25, 0.3) is 0 Å². The van der Waals surface area contributed by atoms with Crippen LogP contribution in [0.4, 0.5) is 0 Å². The van der Waals surface area contributed by atoms with Gasteiger partial charge in [-0.3, -0.25) is 9.59 Å². The largest absolute Gasteiger partial charge is 0.465 e. The first-order valence-corrected chi connectivity index (χ1v) is 7.43. The first kappa shape index (κ1) is 13.8. The highest BCUT2D eigenvalue weighted by Crippen LogP contribution is 2.76. The lowest BCUT2D eigenvalue weighted by molar-refractivity contribution is -0.230. The molecule has 0 amide bonds. The molecule has 0 spiro atoms. The van der Waals surface area contributed by atoms with Crippen molar-refractivity contribution in [3.05, 3.63) is 0 Å². The molecule has 0 unspecified atom stereocenters. The molecule has 0 aromatic heterocycles. The van der Waals surface area contributed by atoms with Crippen LogP contribution in [0.2, 0.25) is 0 Å². The van der Waals surface area contributed by atoms with Gasteiger partial charge in [0.1, 0.15) is 0 Å². The van der Waals surface area contributed by atoms with Gasteiger partial charge in [0, 0.05) is 4.83 Å². The summed E-state index contributed by atoms with van der Waals surface area (Å²) in [5.41, 5.74) is -0.944. The highest BCUT2D eigenvalue weighted by Gasteiger charge is 2.82. The smallest absolute Gasteiger partial charge is 0.313 e. The van der Waals surface area contributed by atoms with Gasteiger partial charge in [0.2, 0.25) is 0 Å². The van der Waals surface area contributed by atoms with E-state index >= 15 is 0 Å². The van der Waals surface area contributed by atoms with Crippen LogP contribution in [0, 0.1) is 10.8 Å². The predicted molar refractivity (Wildman–Crippen MR) is 69.3 cm³/mol. The quantitative estimate of drug-likeness (QED) is 0.557. The average Bonchev–Trinajstić information content (AvgIpc) is 2.32. The summed E-state index contributed by atoms with van der Waals surface area (Å²) in [6, 6.07) is 0. The number of ether oxygens (including phenoxy) is 2. The first-order chi connectivity index (χ1) is 8.53. The molecule has 0 aliphatic heterocycles. The van der Waals surface area contributed by atoms with E-state index in [4.69, 9.17) is 9.47 Å². The number of halogens is 1. The van der Waals surface area contributed by atoms with Crippen molar-refractivity contribution < 1.29 is 19.1 Å². The summed E-state index contributed by atoms with van der Waals surface area (Å²) in [5.74, 6) is -0.340. The zero-order valence-corrected chi connectivity index (χ0v) is 12.4. The minimum atomic E-state index is -0.472. The minimum Gasteiger partial charge on any atom is -0.465 e. The molecule has 0 heterocycles. The van der Waals surface area contributed by atoms with Crippen LogP contribution in [0.15, 0.2) is 0 Å². The number of carbonyl (C=O) groups excluding carboxylic acids is 2. The van der Waals surface area contributed by atoms with E-state index in [1.807, 2.05) is 13.8 Å². The Bertz CT molecular complexity index is 328. The molecule has 0 radical (unpaired) electrons. The van der Waals surface area contributed by atoms with Crippen molar-refractivity contribution in [3.8, 4) is 0 Å². The van der Waals surface area contributed by atoms with Gasteiger partial charge >= 0.3 is 11.9 Å². The van der Waals surface area contributed by atoms with Gasteiger partial charge in [-0.15, -0.1) is 0 Å². The molecule has 0 atom stereocenters. The van der Waals surface area contributed by atoms with Crippen LogP contribution < -0.4 is 0 Å². The Morgan fingerprint density at radius 2 is 1.44 bits per heavy atom. The van der Waals surface area contributed by atoms with Crippen LogP contribution in [0.1, 0.15) is 39.5 Å². The van der Waals surface area contributed by atoms with E-state index < -0.39 is 10.8 Å². The molecule has 0 saturated heterocycles. The summed E-state index contributed by atoms with van der Waals surface area (Å²) in [6.45, 7) is 4.83. The highest BCUT2D eigenvalue weighted by atomic mass is 79.9. The van der Waals surface area contributed by atoms with Gasteiger partial charge in [0.25, 0.3) is 0 Å². The van der Waals surface area contributed by atoms with Crippen molar-refractivity contribution in [2.45, 2.75) is 44.4 Å². The maximum absolute atomic E-state index is 11.9. The van der Waals surface area contributed by atoms with E-state index in [2.05, 4.69) is 15.9 Å². The van der Waals surface area contributed by atoms with Crippen LogP contribution >= 0.6 is 15.9 Å². The zero-order chi connectivity index (χ0) is 13.4. The van der Waals surface area contributed by atoms with E-state index in [1.54, 1.807) is 0 Å². The van der Waals surface area contributed by atoms with Crippen LogP contribution in [0.5, 0.6) is 0 Å². The molecule has 102 valence electrons. The Balaban J connectivity index is 1.91. The Kier molecular flexibility index (Phi) is 3.72. The lowest BCUT2D eigenvalue weighted by Crippen LogP contribution is -2.78. The summed E-state index contributed by atoms with van der Waals surface area (Å²) in [5, 5.41) is 0. The average molecular weight is 319 g/mol. The topological polar surface area (TPSA) is 52.6 Å². The van der Waals surface area contributed by atoms with E-state index in [-0.39, 0.29) is 16.8 Å². The Hall–Kier alpha value is -0.580. The maximum atomic E-state index is 11.9. The Morgan fingerprint density at radius 1 is 1.06 bits per heavy atom. The van der Waals surface area contributed by atoms with Gasteiger partial charge in [-0.05, 0) is 25.7 Å². The van der Waals surface area contributed by atoms with E-state index in [0.717, 1.165) is 12.8 Å². The summed E-state index contributed by atoms with van der Waals surface area (Å²) in [4.78, 5) is 23.7. The molecule has 0 aromatic rings. The second-order valence-electron chi connectivity index (χ2n) is 5.30. The van der Waals surface area contributed by atoms with Gasteiger partial charge in [0.15, 0.2) is 0 Å². The van der Waals surface area contributed by atoms with Gasteiger partial charge in [-0.2, -0.15) is 0 Å². The van der Waals surface area contributed by atoms with E-state index in [0.29, 0.717) is 26.1 Å². The van der Waals surface area contributed by atoms with Crippen molar-refractivity contribution in [3.63, 3.8) is 0 Å². The first-order valence-electron chi connectivity index (χ1n) is 6.52. The Labute approximate surface area is 116 Å². The number of carbonyl (C=O) groups is 2. The van der Waals surface area contributed by atoms with Crippen molar-refractivity contribution in [2.24, 2.45) is 10.8 Å². The number of hydrogen-bond donors (Lipinski definition) is 0. The normalized spacial score (nSPS) is 36.3. The van der Waals surface area contributed by atoms with Gasteiger partial charge < -0.3 is 9.47 Å². The fourth-order valence-electron chi connectivity index (χ4n) is 2.87. The standard InChI is InChI=1S/C13H19BrO4/c1-3-5-17-10(15)12-7-13(8-12,9(12)14)11(16)18-6-4-2/h9H,3-8H2,1-2H3. The van der Waals surface area contributed by atoms with Crippen molar-refractivity contribution in [1.29, 1.82) is 0 Å². The van der Waals surface area contributed by atoms with Gasteiger partial charge in [0.05, 0.1) is 24.0 Å². The Morgan fingerprint density at radius 3 is 1.72 bits per heavy atom. The van der Waals surface area contributed by atoms with Gasteiger partial charge in [-0.1, -0.05) is 29.8 Å². The molecule has 3 saturated carbocycles. The predicted octanol–water partition coefficient (Wildman–Crippen LogP) is 2.44. The SMILES string of the molecule is CCCOC(=O)C12CC(C(=O)OCCC)(C1)C2Br.